The Balaban J connectivity index is 1.57. The van der Waals surface area contributed by atoms with E-state index in [0.29, 0.717) is 12.5 Å². The van der Waals surface area contributed by atoms with Crippen LogP contribution in [0.3, 0.4) is 0 Å². The van der Waals surface area contributed by atoms with Gasteiger partial charge in [0.2, 0.25) is 0 Å². The van der Waals surface area contributed by atoms with Crippen LogP contribution in [0.2, 0.25) is 0 Å². The van der Waals surface area contributed by atoms with E-state index >= 15 is 0 Å². The smallest absolute Gasteiger partial charge is 0.191 e. The van der Waals surface area contributed by atoms with Gasteiger partial charge < -0.3 is 19.9 Å². The van der Waals surface area contributed by atoms with E-state index < -0.39 is 0 Å². The van der Waals surface area contributed by atoms with Gasteiger partial charge in [-0.05, 0) is 18.4 Å². The first-order chi connectivity index (χ1) is 14.1. The number of nitrogens with one attached hydrogen (secondary N) is 2. The molecule has 2 heterocycles. The Morgan fingerprint density at radius 3 is 2.62 bits per heavy atom. The van der Waals surface area contributed by atoms with Gasteiger partial charge in [-0.3, -0.25) is 4.90 Å². The van der Waals surface area contributed by atoms with Crippen LogP contribution in [0.15, 0.2) is 35.3 Å². The molecule has 0 spiro atoms. The lowest BCUT2D eigenvalue weighted by atomic mass is 10.0. The van der Waals surface area contributed by atoms with Crippen molar-refractivity contribution in [3.05, 3.63) is 47.5 Å². The molecule has 2 aromatic rings. The van der Waals surface area contributed by atoms with E-state index in [1.165, 1.54) is 5.56 Å². The highest BCUT2D eigenvalue weighted by Gasteiger charge is 2.11. The van der Waals surface area contributed by atoms with Crippen molar-refractivity contribution in [2.45, 2.75) is 26.3 Å². The number of hydrogen-bond acceptors (Lipinski definition) is 5. The molecular weight excluding hydrogens is 366 g/mol. The number of ether oxygens (including phenoxy) is 1. The predicted octanol–water partition coefficient (Wildman–Crippen LogP) is 1.29. The lowest BCUT2D eigenvalue weighted by Gasteiger charge is -2.27. The van der Waals surface area contributed by atoms with Crippen molar-refractivity contribution in [3.8, 4) is 0 Å². The first-order valence-electron chi connectivity index (χ1n) is 10.4. The van der Waals surface area contributed by atoms with Gasteiger partial charge in [-0.15, -0.1) is 10.2 Å². The highest BCUT2D eigenvalue weighted by Crippen LogP contribution is 2.12. The molecule has 1 aliphatic heterocycles. The molecule has 29 heavy (non-hydrogen) atoms. The molecule has 8 heteroatoms. The second kappa shape index (κ2) is 10.9. The van der Waals surface area contributed by atoms with Crippen LogP contribution >= 0.6 is 0 Å². The van der Waals surface area contributed by atoms with Crippen molar-refractivity contribution in [1.82, 2.24) is 30.3 Å². The molecule has 1 unspecified atom stereocenters. The summed E-state index contributed by atoms with van der Waals surface area (Å²) in [6, 6.07) is 10.5. The van der Waals surface area contributed by atoms with Gasteiger partial charge in [-0.1, -0.05) is 37.3 Å². The second-order valence-corrected chi connectivity index (χ2v) is 7.46. The van der Waals surface area contributed by atoms with Crippen LogP contribution in [-0.2, 0) is 18.3 Å². The van der Waals surface area contributed by atoms with Gasteiger partial charge in [0.1, 0.15) is 12.4 Å². The minimum Gasteiger partial charge on any atom is -0.379 e. The molecule has 0 aliphatic carbocycles. The zero-order valence-electron chi connectivity index (χ0n) is 17.8. The summed E-state index contributed by atoms with van der Waals surface area (Å²) >= 11 is 0. The third-order valence-corrected chi connectivity index (χ3v) is 5.33. The Morgan fingerprint density at radius 2 is 1.93 bits per heavy atom. The Labute approximate surface area is 173 Å². The van der Waals surface area contributed by atoms with Gasteiger partial charge in [-0.25, -0.2) is 4.99 Å². The first-order valence-corrected chi connectivity index (χ1v) is 10.4. The quantitative estimate of drug-likeness (QED) is 0.514. The molecule has 158 valence electrons. The van der Waals surface area contributed by atoms with Gasteiger partial charge in [0.05, 0.1) is 13.2 Å². The Hall–Kier alpha value is -2.45. The fraction of sp³-hybridized carbons (Fsp3) is 0.571. The standard InChI is InChI=1S/C21H33N7O/c1-17(19-7-5-4-6-8-19)15-23-21(22-9-10-28-11-13-29-14-12-28)24-16-20-26-25-18(2)27(20)3/h4-8,17H,9-16H2,1-3H3,(H2,22,23,24). The number of hydrogen-bond donors (Lipinski definition) is 2. The van der Waals surface area contributed by atoms with Crippen LogP contribution in [0.4, 0.5) is 0 Å². The highest BCUT2D eigenvalue weighted by atomic mass is 16.5. The maximum atomic E-state index is 5.42. The van der Waals surface area contributed by atoms with Crippen LogP contribution in [0.25, 0.3) is 0 Å². The zero-order chi connectivity index (χ0) is 20.5. The van der Waals surface area contributed by atoms with E-state index in [-0.39, 0.29) is 0 Å². The zero-order valence-corrected chi connectivity index (χ0v) is 17.8. The average molecular weight is 400 g/mol. The third kappa shape index (κ3) is 6.54. The Kier molecular flexibility index (Phi) is 8.01. The summed E-state index contributed by atoms with van der Waals surface area (Å²) in [6.07, 6.45) is 0. The number of benzene rings is 1. The van der Waals surface area contributed by atoms with Crippen LogP contribution in [0.5, 0.6) is 0 Å². The van der Waals surface area contributed by atoms with Crippen molar-refractivity contribution in [2.24, 2.45) is 12.0 Å². The number of aromatic nitrogens is 3. The monoisotopic (exact) mass is 399 g/mol. The van der Waals surface area contributed by atoms with E-state index in [4.69, 9.17) is 9.73 Å². The molecule has 1 fully saturated rings. The average Bonchev–Trinajstić information content (AvgIpc) is 3.08. The summed E-state index contributed by atoms with van der Waals surface area (Å²) in [5.41, 5.74) is 1.32. The van der Waals surface area contributed by atoms with Crippen LogP contribution in [-0.4, -0.2) is 71.6 Å². The van der Waals surface area contributed by atoms with Gasteiger partial charge in [0, 0.05) is 39.8 Å². The summed E-state index contributed by atoms with van der Waals surface area (Å²) in [7, 11) is 1.97. The van der Waals surface area contributed by atoms with Crippen LogP contribution < -0.4 is 10.6 Å². The molecule has 8 nitrogen and oxygen atoms in total. The summed E-state index contributed by atoms with van der Waals surface area (Å²) < 4.78 is 7.40. The van der Waals surface area contributed by atoms with Gasteiger partial charge in [0.25, 0.3) is 0 Å². The van der Waals surface area contributed by atoms with E-state index in [0.717, 1.165) is 63.5 Å². The maximum Gasteiger partial charge on any atom is 0.191 e. The molecule has 0 amide bonds. The van der Waals surface area contributed by atoms with Crippen molar-refractivity contribution < 1.29 is 4.74 Å². The maximum absolute atomic E-state index is 5.42. The van der Waals surface area contributed by atoms with E-state index in [2.05, 4.69) is 56.9 Å². The molecule has 1 aromatic carbocycles. The largest absolute Gasteiger partial charge is 0.379 e. The highest BCUT2D eigenvalue weighted by molar-refractivity contribution is 5.79. The number of aryl methyl sites for hydroxylation is 1. The van der Waals surface area contributed by atoms with E-state index in [1.54, 1.807) is 0 Å². The van der Waals surface area contributed by atoms with E-state index in [9.17, 15) is 0 Å². The van der Waals surface area contributed by atoms with E-state index in [1.807, 2.05) is 24.6 Å². The van der Waals surface area contributed by atoms with Crippen LogP contribution in [0, 0.1) is 6.92 Å². The van der Waals surface area contributed by atoms with Gasteiger partial charge >= 0.3 is 0 Å². The van der Waals surface area contributed by atoms with Crippen molar-refractivity contribution in [2.75, 3.05) is 45.9 Å². The second-order valence-electron chi connectivity index (χ2n) is 7.46. The normalized spacial score (nSPS) is 16.6. The minimum absolute atomic E-state index is 0.388. The molecular formula is C21H33N7O. The molecule has 1 aliphatic rings. The number of guanidine groups is 1. The molecule has 2 N–H and O–H groups in total. The number of morpholine rings is 1. The summed E-state index contributed by atoms with van der Waals surface area (Å²) in [6.45, 7) is 10.9. The number of aliphatic imine (C=N–C) groups is 1. The summed E-state index contributed by atoms with van der Waals surface area (Å²) in [4.78, 5) is 7.15. The third-order valence-electron chi connectivity index (χ3n) is 5.33. The Bertz CT molecular complexity index is 769. The molecule has 0 radical (unpaired) electrons. The topological polar surface area (TPSA) is 79.6 Å². The SMILES string of the molecule is Cc1nnc(CN=C(NCCN2CCOCC2)NCC(C)c2ccccc2)n1C. The fourth-order valence-corrected chi connectivity index (χ4v) is 3.22. The van der Waals surface area contributed by atoms with Crippen molar-refractivity contribution >= 4 is 5.96 Å². The first kappa shape index (κ1) is 21.3. The molecule has 0 bridgehead atoms. The lowest BCUT2D eigenvalue weighted by molar-refractivity contribution is 0.0389. The fourth-order valence-electron chi connectivity index (χ4n) is 3.22. The Morgan fingerprint density at radius 1 is 1.17 bits per heavy atom. The molecule has 1 atom stereocenters. The number of nitrogens with zero attached hydrogens (tertiary/aromatic N) is 5. The summed E-state index contributed by atoms with van der Waals surface area (Å²) in [5.74, 6) is 2.94. The predicted molar refractivity (Wildman–Crippen MR) is 115 cm³/mol. The van der Waals surface area contributed by atoms with Gasteiger partial charge in [0.15, 0.2) is 11.8 Å². The minimum atomic E-state index is 0.388. The molecule has 1 aromatic heterocycles. The van der Waals surface area contributed by atoms with Crippen molar-refractivity contribution in [3.63, 3.8) is 0 Å². The molecule has 1 saturated heterocycles. The number of rotatable bonds is 8. The lowest BCUT2D eigenvalue weighted by Crippen LogP contribution is -2.45. The molecule has 0 saturated carbocycles. The van der Waals surface area contributed by atoms with Crippen molar-refractivity contribution in [1.29, 1.82) is 0 Å². The molecule has 3 rings (SSSR count). The van der Waals surface area contributed by atoms with Gasteiger partial charge in [-0.2, -0.15) is 0 Å². The van der Waals surface area contributed by atoms with Crippen LogP contribution in [0.1, 0.15) is 30.1 Å². The summed E-state index contributed by atoms with van der Waals surface area (Å²) in [5, 5.41) is 15.3.